The first-order valence-corrected chi connectivity index (χ1v) is 10.1. The summed E-state index contributed by atoms with van der Waals surface area (Å²) in [5.74, 6) is 1.46. The fraction of sp³-hybridized carbons (Fsp3) is 0.440. The van der Waals surface area contributed by atoms with Gasteiger partial charge in [0.15, 0.2) is 11.6 Å². The van der Waals surface area contributed by atoms with E-state index in [9.17, 15) is 9.59 Å². The molecule has 1 aliphatic heterocycles. The Morgan fingerprint density at radius 3 is 1.82 bits per heavy atom. The van der Waals surface area contributed by atoms with Crippen molar-refractivity contribution < 1.29 is 14.3 Å². The molecule has 146 valence electrons. The molecule has 3 nitrogen and oxygen atoms in total. The van der Waals surface area contributed by atoms with Gasteiger partial charge in [0.25, 0.3) is 0 Å². The van der Waals surface area contributed by atoms with Crippen molar-refractivity contribution in [1.29, 1.82) is 0 Å². The van der Waals surface area contributed by atoms with Crippen LogP contribution in [0.2, 0.25) is 0 Å². The number of benzene rings is 1. The van der Waals surface area contributed by atoms with Gasteiger partial charge in [0.1, 0.15) is 11.5 Å². The van der Waals surface area contributed by atoms with Gasteiger partial charge in [0, 0.05) is 42.7 Å². The molecule has 1 aromatic rings. The number of rotatable bonds is 2. The SMILES string of the molecule is CC1(C)CC(=O)C2=C(C1)OC1=C(C(=O)CC(C)(C)C1)C2/C=C/c1ccccc1. The zero-order chi connectivity index (χ0) is 20.1. The Kier molecular flexibility index (Phi) is 4.45. The molecule has 0 saturated carbocycles. The third-order valence-electron chi connectivity index (χ3n) is 5.91. The maximum absolute atomic E-state index is 13.1. The highest BCUT2D eigenvalue weighted by Gasteiger charge is 2.46. The lowest BCUT2D eigenvalue weighted by Gasteiger charge is -2.42. The summed E-state index contributed by atoms with van der Waals surface area (Å²) in [6.45, 7) is 8.42. The molecule has 0 atom stereocenters. The van der Waals surface area contributed by atoms with Crippen LogP contribution in [0.5, 0.6) is 0 Å². The third kappa shape index (κ3) is 3.50. The van der Waals surface area contributed by atoms with Crippen molar-refractivity contribution in [2.24, 2.45) is 16.7 Å². The maximum atomic E-state index is 13.1. The molecule has 3 aliphatic rings. The van der Waals surface area contributed by atoms with Crippen LogP contribution in [0.4, 0.5) is 0 Å². The van der Waals surface area contributed by atoms with Crippen molar-refractivity contribution in [2.45, 2.75) is 53.4 Å². The molecule has 0 N–H and O–H groups in total. The molecule has 0 saturated heterocycles. The summed E-state index contributed by atoms with van der Waals surface area (Å²) in [6.07, 6.45) is 6.49. The molecule has 0 amide bonds. The second-order valence-corrected chi connectivity index (χ2v) is 9.91. The molecule has 0 aromatic heterocycles. The molecule has 28 heavy (non-hydrogen) atoms. The van der Waals surface area contributed by atoms with Crippen LogP contribution in [-0.2, 0) is 14.3 Å². The molecule has 1 aromatic carbocycles. The molecular weight excluding hydrogens is 348 g/mol. The summed E-state index contributed by atoms with van der Waals surface area (Å²) in [6, 6.07) is 10.0. The maximum Gasteiger partial charge on any atom is 0.163 e. The van der Waals surface area contributed by atoms with Gasteiger partial charge in [-0.25, -0.2) is 0 Å². The van der Waals surface area contributed by atoms with Gasteiger partial charge in [0.05, 0.1) is 0 Å². The summed E-state index contributed by atoms with van der Waals surface area (Å²) in [4.78, 5) is 26.1. The smallest absolute Gasteiger partial charge is 0.163 e. The zero-order valence-corrected chi connectivity index (χ0v) is 17.2. The zero-order valence-electron chi connectivity index (χ0n) is 17.2. The average molecular weight is 376 g/mol. The molecule has 0 spiro atoms. The van der Waals surface area contributed by atoms with Crippen molar-refractivity contribution in [1.82, 2.24) is 0 Å². The minimum absolute atomic E-state index is 0.109. The molecule has 2 aliphatic carbocycles. The first-order valence-electron chi connectivity index (χ1n) is 10.1. The highest BCUT2D eigenvalue weighted by molar-refractivity contribution is 6.05. The van der Waals surface area contributed by atoms with E-state index in [1.165, 1.54) is 0 Å². The Morgan fingerprint density at radius 1 is 0.821 bits per heavy atom. The second kappa shape index (κ2) is 6.58. The van der Waals surface area contributed by atoms with E-state index in [4.69, 9.17) is 4.74 Å². The van der Waals surface area contributed by atoms with E-state index in [1.54, 1.807) is 0 Å². The summed E-state index contributed by atoms with van der Waals surface area (Å²) >= 11 is 0. The minimum Gasteiger partial charge on any atom is -0.465 e. The van der Waals surface area contributed by atoms with Crippen LogP contribution in [-0.4, -0.2) is 11.6 Å². The number of allylic oxidation sites excluding steroid dienone is 5. The Hall–Kier alpha value is -2.42. The van der Waals surface area contributed by atoms with Crippen LogP contribution in [0.1, 0.15) is 58.9 Å². The number of ketones is 2. The first-order chi connectivity index (χ1) is 13.2. The quantitative estimate of drug-likeness (QED) is 0.671. The number of Topliss-reactive ketones (excluding diaryl/α,β-unsaturated/α-hetero) is 2. The topological polar surface area (TPSA) is 43.4 Å². The third-order valence-corrected chi connectivity index (χ3v) is 5.91. The van der Waals surface area contributed by atoms with E-state index >= 15 is 0 Å². The van der Waals surface area contributed by atoms with E-state index < -0.39 is 0 Å². The van der Waals surface area contributed by atoms with E-state index in [2.05, 4.69) is 27.7 Å². The van der Waals surface area contributed by atoms with Crippen LogP contribution < -0.4 is 0 Å². The van der Waals surface area contributed by atoms with E-state index in [1.807, 2.05) is 42.5 Å². The van der Waals surface area contributed by atoms with Crippen molar-refractivity contribution in [3.63, 3.8) is 0 Å². The number of ether oxygens (including phenoxy) is 1. The molecule has 1 heterocycles. The van der Waals surface area contributed by atoms with Crippen molar-refractivity contribution in [2.75, 3.05) is 0 Å². The Bertz CT molecular complexity index is 874. The predicted octanol–water partition coefficient (Wildman–Crippen LogP) is 5.63. The second-order valence-electron chi connectivity index (χ2n) is 9.91. The fourth-order valence-corrected chi connectivity index (χ4v) is 4.69. The van der Waals surface area contributed by atoms with Gasteiger partial charge in [0.2, 0.25) is 0 Å². The number of hydrogen-bond donors (Lipinski definition) is 0. The summed E-state index contributed by atoms with van der Waals surface area (Å²) in [5, 5.41) is 0. The van der Waals surface area contributed by atoms with Crippen LogP contribution >= 0.6 is 0 Å². The van der Waals surface area contributed by atoms with Crippen LogP contribution in [0.15, 0.2) is 59.1 Å². The van der Waals surface area contributed by atoms with Gasteiger partial charge >= 0.3 is 0 Å². The standard InChI is InChI=1S/C25H28O3/c1-24(2)12-18(26)22-17(11-10-16-8-6-5-7-9-16)23-19(27)13-25(3,4)15-21(23)28-20(22)14-24/h5-11,17H,12-15H2,1-4H3/b11-10+. The highest BCUT2D eigenvalue weighted by Crippen LogP contribution is 2.50. The lowest BCUT2D eigenvalue weighted by atomic mass is 9.67. The molecule has 0 unspecified atom stereocenters. The average Bonchev–Trinajstić information content (AvgIpc) is 2.57. The van der Waals surface area contributed by atoms with Crippen molar-refractivity contribution in [3.05, 3.63) is 64.6 Å². The van der Waals surface area contributed by atoms with Crippen LogP contribution in [0.3, 0.4) is 0 Å². The van der Waals surface area contributed by atoms with Crippen LogP contribution in [0.25, 0.3) is 6.08 Å². The van der Waals surface area contributed by atoms with Crippen molar-refractivity contribution in [3.8, 4) is 0 Å². The van der Waals surface area contributed by atoms with Gasteiger partial charge in [-0.15, -0.1) is 0 Å². The van der Waals surface area contributed by atoms with E-state index in [0.717, 1.165) is 29.9 Å². The number of hydrogen-bond acceptors (Lipinski definition) is 3. The van der Waals surface area contributed by atoms with Crippen molar-refractivity contribution >= 4 is 17.6 Å². The van der Waals surface area contributed by atoms with Gasteiger partial charge in [-0.3, -0.25) is 9.59 Å². The molecular formula is C25H28O3. The normalized spacial score (nSPS) is 24.3. The Labute approximate surface area is 167 Å². The van der Waals surface area contributed by atoms with E-state index in [-0.39, 0.29) is 28.3 Å². The van der Waals surface area contributed by atoms with E-state index in [0.29, 0.717) is 24.0 Å². The monoisotopic (exact) mass is 376 g/mol. The summed E-state index contributed by atoms with van der Waals surface area (Å²) in [5.41, 5.74) is 2.22. The largest absolute Gasteiger partial charge is 0.465 e. The lowest BCUT2D eigenvalue weighted by Crippen LogP contribution is -2.37. The lowest BCUT2D eigenvalue weighted by molar-refractivity contribution is -0.120. The summed E-state index contributed by atoms with van der Waals surface area (Å²) < 4.78 is 6.27. The Morgan fingerprint density at radius 2 is 1.32 bits per heavy atom. The minimum atomic E-state index is -0.300. The fourth-order valence-electron chi connectivity index (χ4n) is 4.69. The molecule has 4 rings (SSSR count). The highest BCUT2D eigenvalue weighted by atomic mass is 16.5. The summed E-state index contributed by atoms with van der Waals surface area (Å²) in [7, 11) is 0. The van der Waals surface area contributed by atoms with Gasteiger partial charge in [-0.05, 0) is 16.4 Å². The van der Waals surface area contributed by atoms with Gasteiger partial charge in [-0.2, -0.15) is 0 Å². The first kappa shape index (κ1) is 18.9. The number of carbonyl (C=O) groups is 2. The van der Waals surface area contributed by atoms with Crippen LogP contribution in [0, 0.1) is 16.7 Å². The predicted molar refractivity (Wildman–Crippen MR) is 110 cm³/mol. The molecule has 0 bridgehead atoms. The molecule has 0 radical (unpaired) electrons. The number of carbonyl (C=O) groups excluding carboxylic acids is 2. The Balaban J connectivity index is 1.81. The van der Waals surface area contributed by atoms with Gasteiger partial charge < -0.3 is 4.74 Å². The molecule has 0 fully saturated rings. The molecule has 3 heteroatoms. The van der Waals surface area contributed by atoms with Gasteiger partial charge in [-0.1, -0.05) is 70.2 Å².